The van der Waals surface area contributed by atoms with E-state index in [2.05, 4.69) is 17.2 Å². The fraction of sp³-hybridized carbons (Fsp3) is 0.444. The van der Waals surface area contributed by atoms with E-state index >= 15 is 0 Å². The van der Waals surface area contributed by atoms with Crippen molar-refractivity contribution in [3.05, 3.63) is 76.6 Å². The Morgan fingerprint density at radius 3 is 2.72 bits per heavy atom. The monoisotopic (exact) mass is 512 g/mol. The maximum absolute atomic E-state index is 11.7. The molecule has 9 heteroatoms. The number of carbonyl (C=O) groups is 1. The van der Waals surface area contributed by atoms with E-state index in [0.717, 1.165) is 40.9 Å². The van der Waals surface area contributed by atoms with Crippen LogP contribution in [0.1, 0.15) is 60.6 Å². The van der Waals surface area contributed by atoms with Crippen LogP contribution in [0.5, 0.6) is 0 Å². The number of aliphatic carboxylic acids is 1. The van der Waals surface area contributed by atoms with Gasteiger partial charge < -0.3 is 5.11 Å². The molecule has 4 rings (SSSR count). The summed E-state index contributed by atoms with van der Waals surface area (Å²) in [6, 6.07) is 13.6. The fourth-order valence-corrected chi connectivity index (χ4v) is 6.78. The number of nitrogens with zero attached hydrogens (tertiary/aromatic N) is 4. The fourth-order valence-electron chi connectivity index (χ4n) is 4.96. The highest BCUT2D eigenvalue weighted by Gasteiger charge is 2.33. The summed E-state index contributed by atoms with van der Waals surface area (Å²) in [5, 5.41) is 17.9. The highest BCUT2D eigenvalue weighted by molar-refractivity contribution is 8.22. The minimum atomic E-state index is -3.14. The van der Waals surface area contributed by atoms with Gasteiger partial charge in [-0.15, -0.1) is 15.9 Å². The van der Waals surface area contributed by atoms with Crippen LogP contribution in [0.3, 0.4) is 0 Å². The number of hydrogen-bond donors (Lipinski definition) is 3. The molecule has 2 atom stereocenters. The molecule has 0 saturated carbocycles. The molecule has 2 heterocycles. The van der Waals surface area contributed by atoms with E-state index in [9.17, 15) is 19.0 Å². The molecule has 2 aromatic carbocycles. The molecule has 8 nitrogen and oxygen atoms in total. The van der Waals surface area contributed by atoms with Crippen LogP contribution in [0.25, 0.3) is 0 Å². The molecule has 0 amide bonds. The Kier molecular flexibility index (Phi) is 8.14. The van der Waals surface area contributed by atoms with Gasteiger partial charge in [0, 0.05) is 25.8 Å². The number of carboxylic acid groups (broad SMARTS) is 1. The first kappa shape index (κ1) is 26.3. The summed E-state index contributed by atoms with van der Waals surface area (Å²) in [4.78, 5) is 12.3. The van der Waals surface area contributed by atoms with Crippen LogP contribution >= 0.6 is 10.8 Å². The highest BCUT2D eigenvalue weighted by atomic mass is 32.3. The lowest BCUT2D eigenvalue weighted by Gasteiger charge is -2.43. The minimum Gasteiger partial charge on any atom is -0.481 e. The summed E-state index contributed by atoms with van der Waals surface area (Å²) in [6.45, 7) is 7.82. The van der Waals surface area contributed by atoms with Gasteiger partial charge in [-0.1, -0.05) is 48.5 Å². The van der Waals surface area contributed by atoms with Gasteiger partial charge in [0.25, 0.3) is 0 Å². The highest BCUT2D eigenvalue weighted by Crippen LogP contribution is 2.55. The van der Waals surface area contributed by atoms with E-state index < -0.39 is 16.7 Å². The smallest absolute Gasteiger partial charge is 0.303 e. The Labute approximate surface area is 214 Å². The average molecular weight is 513 g/mol. The van der Waals surface area contributed by atoms with Gasteiger partial charge in [0.15, 0.2) is 0 Å². The maximum Gasteiger partial charge on any atom is 0.303 e. The van der Waals surface area contributed by atoms with Crippen LogP contribution < -0.4 is 0 Å². The Bertz CT molecular complexity index is 1210. The SMILES string of the molecule is CCn1cc(CCC(CC(=O)O)c2ccc(C)c(CN3C[C@@H](C)Cc4ccccc4S3(O)O)c2)nn1. The summed E-state index contributed by atoms with van der Waals surface area (Å²) in [5.41, 5.74) is 4.80. The molecule has 0 bridgehead atoms. The molecule has 0 radical (unpaired) electrons. The van der Waals surface area contributed by atoms with Gasteiger partial charge in [-0.2, -0.15) is 4.31 Å². The van der Waals surface area contributed by atoms with Crippen molar-refractivity contribution >= 4 is 16.7 Å². The van der Waals surface area contributed by atoms with E-state index in [1.165, 1.54) is 0 Å². The molecule has 3 aromatic rings. The summed E-state index contributed by atoms with van der Waals surface area (Å²) in [6.07, 6.45) is 4.00. The molecule has 1 aromatic heterocycles. The van der Waals surface area contributed by atoms with Crippen LogP contribution in [0.4, 0.5) is 0 Å². The van der Waals surface area contributed by atoms with Crippen molar-refractivity contribution in [1.29, 1.82) is 0 Å². The largest absolute Gasteiger partial charge is 0.481 e. The zero-order valence-corrected chi connectivity index (χ0v) is 22.0. The predicted molar refractivity (Wildman–Crippen MR) is 141 cm³/mol. The Morgan fingerprint density at radius 2 is 2.00 bits per heavy atom. The van der Waals surface area contributed by atoms with Gasteiger partial charge in [0.05, 0.1) is 17.0 Å². The van der Waals surface area contributed by atoms with Gasteiger partial charge in [-0.25, -0.2) is 0 Å². The zero-order valence-electron chi connectivity index (χ0n) is 21.2. The molecule has 1 aliphatic rings. The first-order valence-corrected chi connectivity index (χ1v) is 14.0. The summed E-state index contributed by atoms with van der Waals surface area (Å²) in [5.74, 6) is -0.760. The second-order valence-electron chi connectivity index (χ2n) is 9.84. The van der Waals surface area contributed by atoms with Gasteiger partial charge >= 0.3 is 5.97 Å². The van der Waals surface area contributed by atoms with Crippen molar-refractivity contribution in [3.63, 3.8) is 0 Å². The van der Waals surface area contributed by atoms with Gasteiger partial charge in [0.1, 0.15) is 0 Å². The Balaban J connectivity index is 1.59. The molecule has 0 saturated heterocycles. The van der Waals surface area contributed by atoms with Crippen LogP contribution in [-0.4, -0.2) is 46.0 Å². The van der Waals surface area contributed by atoms with Crippen LogP contribution in [0.15, 0.2) is 53.6 Å². The maximum atomic E-state index is 11.7. The Hall–Kier alpha value is -2.72. The first-order chi connectivity index (χ1) is 17.2. The number of benzene rings is 2. The van der Waals surface area contributed by atoms with Gasteiger partial charge in [-0.05, 0) is 73.3 Å². The number of aryl methyl sites for hydroxylation is 3. The topological polar surface area (TPSA) is 112 Å². The van der Waals surface area contributed by atoms with Crippen molar-refractivity contribution in [2.45, 2.75) is 70.4 Å². The van der Waals surface area contributed by atoms with E-state index in [1.807, 2.05) is 62.5 Å². The van der Waals surface area contributed by atoms with E-state index in [0.29, 0.717) is 30.8 Å². The normalized spacial score (nSPS) is 19.3. The lowest BCUT2D eigenvalue weighted by atomic mass is 9.88. The second kappa shape index (κ2) is 11.1. The van der Waals surface area contributed by atoms with Crippen molar-refractivity contribution in [1.82, 2.24) is 19.3 Å². The molecule has 1 aliphatic heterocycles. The molecule has 36 heavy (non-hydrogen) atoms. The molecule has 0 fully saturated rings. The van der Waals surface area contributed by atoms with E-state index in [1.54, 1.807) is 8.99 Å². The zero-order chi connectivity index (χ0) is 25.9. The lowest BCUT2D eigenvalue weighted by Crippen LogP contribution is -2.30. The van der Waals surface area contributed by atoms with Crippen molar-refractivity contribution < 1.29 is 19.0 Å². The third-order valence-electron chi connectivity index (χ3n) is 6.98. The average Bonchev–Trinajstić information content (AvgIpc) is 3.27. The number of hydrogen-bond acceptors (Lipinski definition) is 6. The summed E-state index contributed by atoms with van der Waals surface area (Å²) >= 11 is 0. The van der Waals surface area contributed by atoms with Crippen molar-refractivity contribution in [2.24, 2.45) is 5.92 Å². The van der Waals surface area contributed by atoms with Crippen LogP contribution in [0.2, 0.25) is 0 Å². The van der Waals surface area contributed by atoms with Crippen molar-refractivity contribution in [3.8, 4) is 0 Å². The molecule has 0 spiro atoms. The van der Waals surface area contributed by atoms with Gasteiger partial charge in [-0.3, -0.25) is 18.6 Å². The number of carboxylic acids is 1. The standard InChI is InChI=1S/C27H36N4O4S/c1-4-30-18-25(28-29-30)12-11-22(15-27(32)33)21-10-9-20(3)24(14-21)17-31-16-19(2)13-23-7-5-6-8-26(23)36(31,34)35/h5-10,14,18-19,22,34-35H,4,11-13,15-17H2,1-3H3,(H,32,33)/t19-,22?/m0/s1. The minimum absolute atomic E-state index is 0.0216. The molecular weight excluding hydrogens is 476 g/mol. The predicted octanol–water partition coefficient (Wildman–Crippen LogP) is 5.52. The number of fused-ring (bicyclic) bond motifs is 1. The number of aromatic nitrogens is 3. The van der Waals surface area contributed by atoms with Crippen molar-refractivity contribution in [2.75, 3.05) is 6.54 Å². The van der Waals surface area contributed by atoms with Crippen LogP contribution in [0, 0.1) is 12.8 Å². The second-order valence-corrected chi connectivity index (χ2v) is 11.8. The summed E-state index contributed by atoms with van der Waals surface area (Å²) in [7, 11) is -3.14. The molecule has 1 unspecified atom stereocenters. The summed E-state index contributed by atoms with van der Waals surface area (Å²) < 4.78 is 26.2. The van der Waals surface area contributed by atoms with Gasteiger partial charge in [0.2, 0.25) is 0 Å². The molecule has 0 aliphatic carbocycles. The quantitative estimate of drug-likeness (QED) is 0.346. The third kappa shape index (κ3) is 5.98. The Morgan fingerprint density at radius 1 is 1.22 bits per heavy atom. The number of rotatable bonds is 9. The lowest BCUT2D eigenvalue weighted by molar-refractivity contribution is -0.137. The molecule has 3 N–H and O–H groups in total. The first-order valence-electron chi connectivity index (χ1n) is 12.5. The van der Waals surface area contributed by atoms with E-state index in [-0.39, 0.29) is 18.3 Å². The third-order valence-corrected chi connectivity index (χ3v) is 8.97. The molecular formula is C27H36N4O4S. The van der Waals surface area contributed by atoms with Crippen LogP contribution in [-0.2, 0) is 30.7 Å². The molecule has 194 valence electrons. The van der Waals surface area contributed by atoms with E-state index in [4.69, 9.17) is 0 Å².